The summed E-state index contributed by atoms with van der Waals surface area (Å²) in [5.41, 5.74) is 1.29. The van der Waals surface area contributed by atoms with E-state index >= 15 is 0 Å². The van der Waals surface area contributed by atoms with Crippen LogP contribution in [0.25, 0.3) is 0 Å². The summed E-state index contributed by atoms with van der Waals surface area (Å²) in [4.78, 5) is 6.31. The number of rotatable bonds is 2. The van der Waals surface area contributed by atoms with Crippen molar-refractivity contribution < 1.29 is 5.11 Å². The third-order valence-corrected chi connectivity index (χ3v) is 3.06. The molecule has 0 radical (unpaired) electrons. The number of β-amino-alcohol motifs (C(OH)–C–C–N with tert-alkyl or cyclic N) is 1. The van der Waals surface area contributed by atoms with Gasteiger partial charge in [-0.25, -0.2) is 0 Å². The highest BCUT2D eigenvalue weighted by Crippen LogP contribution is 2.13. The molecule has 1 aromatic rings. The zero-order chi connectivity index (χ0) is 12.3. The van der Waals surface area contributed by atoms with Crippen LogP contribution in [-0.4, -0.2) is 46.3 Å². The lowest BCUT2D eigenvalue weighted by Gasteiger charge is -2.29. The molecule has 0 spiro atoms. The lowest BCUT2D eigenvalue weighted by atomic mass is 10.1. The van der Waals surface area contributed by atoms with Crippen LogP contribution in [0.15, 0.2) is 24.5 Å². The molecule has 0 aromatic carbocycles. The molecule has 0 aliphatic carbocycles. The summed E-state index contributed by atoms with van der Waals surface area (Å²) < 4.78 is 0. The highest BCUT2D eigenvalue weighted by molar-refractivity contribution is 5.09. The van der Waals surface area contributed by atoms with E-state index in [1.807, 2.05) is 24.5 Å². The van der Waals surface area contributed by atoms with Crippen molar-refractivity contribution in [1.82, 2.24) is 15.2 Å². The molecule has 0 amide bonds. The van der Waals surface area contributed by atoms with Crippen LogP contribution in [-0.2, 0) is 6.54 Å². The SMILES string of the molecule is CC1(C)CN(Cc2ccncc2)CC(O)CN1. The molecule has 0 bridgehead atoms. The van der Waals surface area contributed by atoms with Crippen molar-refractivity contribution in [1.29, 1.82) is 0 Å². The lowest BCUT2D eigenvalue weighted by Crippen LogP contribution is -2.46. The van der Waals surface area contributed by atoms with Crippen molar-refractivity contribution in [2.75, 3.05) is 19.6 Å². The first-order chi connectivity index (χ1) is 8.05. The summed E-state index contributed by atoms with van der Waals surface area (Å²) in [5.74, 6) is 0. The maximum absolute atomic E-state index is 9.85. The highest BCUT2D eigenvalue weighted by Gasteiger charge is 2.27. The molecule has 2 rings (SSSR count). The van der Waals surface area contributed by atoms with E-state index in [4.69, 9.17) is 0 Å². The summed E-state index contributed by atoms with van der Waals surface area (Å²) in [6.07, 6.45) is 3.33. The van der Waals surface area contributed by atoms with Crippen molar-refractivity contribution in [3.63, 3.8) is 0 Å². The van der Waals surface area contributed by atoms with Gasteiger partial charge in [0.05, 0.1) is 6.10 Å². The van der Waals surface area contributed by atoms with Crippen molar-refractivity contribution >= 4 is 0 Å². The molecule has 1 aromatic heterocycles. The molecule has 94 valence electrons. The van der Waals surface area contributed by atoms with Crippen LogP contribution in [0.2, 0.25) is 0 Å². The summed E-state index contributed by atoms with van der Waals surface area (Å²) in [5, 5.41) is 13.2. The Morgan fingerprint density at radius 3 is 2.88 bits per heavy atom. The summed E-state index contributed by atoms with van der Waals surface area (Å²) in [7, 11) is 0. The normalized spacial score (nSPS) is 25.5. The standard InChI is InChI=1S/C13H21N3O/c1-13(2)10-16(9-12(17)7-15-13)8-11-3-5-14-6-4-11/h3-6,12,15,17H,7-10H2,1-2H3. The van der Waals surface area contributed by atoms with Crippen LogP contribution >= 0.6 is 0 Å². The third kappa shape index (κ3) is 3.77. The Labute approximate surface area is 103 Å². The summed E-state index contributed by atoms with van der Waals surface area (Å²) in [6.45, 7) is 7.53. The van der Waals surface area contributed by atoms with E-state index in [-0.39, 0.29) is 11.6 Å². The van der Waals surface area contributed by atoms with Gasteiger partial charge in [0.25, 0.3) is 0 Å². The zero-order valence-corrected chi connectivity index (χ0v) is 10.6. The van der Waals surface area contributed by atoms with E-state index < -0.39 is 0 Å². The Hall–Kier alpha value is -0.970. The molecule has 0 saturated carbocycles. The van der Waals surface area contributed by atoms with Gasteiger partial charge in [0.15, 0.2) is 0 Å². The predicted molar refractivity (Wildman–Crippen MR) is 67.6 cm³/mol. The minimum absolute atomic E-state index is 0.0461. The number of aromatic nitrogens is 1. The second-order valence-electron chi connectivity index (χ2n) is 5.44. The van der Waals surface area contributed by atoms with Gasteiger partial charge in [0.2, 0.25) is 0 Å². The zero-order valence-electron chi connectivity index (χ0n) is 10.6. The molecule has 2 heterocycles. The number of pyridine rings is 1. The molecule has 2 N–H and O–H groups in total. The Bertz CT molecular complexity index is 353. The maximum Gasteiger partial charge on any atom is 0.0791 e. The first-order valence-corrected chi connectivity index (χ1v) is 6.09. The smallest absolute Gasteiger partial charge is 0.0791 e. The average molecular weight is 235 g/mol. The van der Waals surface area contributed by atoms with Gasteiger partial charge in [-0.1, -0.05) is 0 Å². The molecular formula is C13H21N3O. The first kappa shape index (κ1) is 12.5. The van der Waals surface area contributed by atoms with E-state index in [9.17, 15) is 5.11 Å². The molecule has 17 heavy (non-hydrogen) atoms. The lowest BCUT2D eigenvalue weighted by molar-refractivity contribution is 0.125. The average Bonchev–Trinajstić information content (AvgIpc) is 2.39. The number of nitrogens with zero attached hydrogens (tertiary/aromatic N) is 2. The van der Waals surface area contributed by atoms with Crippen molar-refractivity contribution in [3.8, 4) is 0 Å². The topological polar surface area (TPSA) is 48.4 Å². The minimum Gasteiger partial charge on any atom is -0.390 e. The number of aliphatic hydroxyl groups excluding tert-OH is 1. The van der Waals surface area contributed by atoms with Gasteiger partial charge in [0, 0.05) is 44.1 Å². The molecule has 1 aliphatic heterocycles. The predicted octanol–water partition coefficient (Wildman–Crippen LogP) is 0.626. The van der Waals surface area contributed by atoms with Gasteiger partial charge in [-0.3, -0.25) is 9.88 Å². The number of hydrogen-bond donors (Lipinski definition) is 2. The van der Waals surface area contributed by atoms with Crippen LogP contribution in [0.5, 0.6) is 0 Å². The Morgan fingerprint density at radius 1 is 1.47 bits per heavy atom. The highest BCUT2D eigenvalue weighted by atomic mass is 16.3. The van der Waals surface area contributed by atoms with Gasteiger partial charge >= 0.3 is 0 Å². The molecular weight excluding hydrogens is 214 g/mol. The van der Waals surface area contributed by atoms with Crippen molar-refractivity contribution in [3.05, 3.63) is 30.1 Å². The quantitative estimate of drug-likeness (QED) is 0.789. The summed E-state index contributed by atoms with van der Waals surface area (Å²) >= 11 is 0. The third-order valence-electron chi connectivity index (χ3n) is 3.06. The van der Waals surface area contributed by atoms with Crippen LogP contribution in [0.4, 0.5) is 0 Å². The molecule has 4 nitrogen and oxygen atoms in total. The van der Waals surface area contributed by atoms with E-state index in [1.165, 1.54) is 5.56 Å². The van der Waals surface area contributed by atoms with Gasteiger partial charge in [-0.05, 0) is 31.5 Å². The fraction of sp³-hybridized carbons (Fsp3) is 0.615. The van der Waals surface area contributed by atoms with Gasteiger partial charge < -0.3 is 10.4 Å². The Morgan fingerprint density at radius 2 is 2.18 bits per heavy atom. The number of aliphatic hydroxyl groups is 1. The van der Waals surface area contributed by atoms with E-state index in [0.717, 1.165) is 19.6 Å². The molecule has 1 atom stereocenters. The van der Waals surface area contributed by atoms with Gasteiger partial charge in [0.1, 0.15) is 0 Å². The summed E-state index contributed by atoms with van der Waals surface area (Å²) in [6, 6.07) is 4.05. The van der Waals surface area contributed by atoms with Crippen LogP contribution in [0, 0.1) is 0 Å². The Balaban J connectivity index is 2.03. The molecule has 1 saturated heterocycles. The monoisotopic (exact) mass is 235 g/mol. The number of nitrogens with one attached hydrogen (secondary N) is 1. The van der Waals surface area contributed by atoms with Crippen LogP contribution in [0.1, 0.15) is 19.4 Å². The second kappa shape index (κ2) is 5.12. The van der Waals surface area contributed by atoms with Gasteiger partial charge in [-0.2, -0.15) is 0 Å². The molecule has 4 heteroatoms. The van der Waals surface area contributed by atoms with Crippen molar-refractivity contribution in [2.24, 2.45) is 0 Å². The minimum atomic E-state index is -0.293. The fourth-order valence-electron chi connectivity index (χ4n) is 2.30. The van der Waals surface area contributed by atoms with Gasteiger partial charge in [-0.15, -0.1) is 0 Å². The largest absolute Gasteiger partial charge is 0.390 e. The van der Waals surface area contributed by atoms with Crippen molar-refractivity contribution in [2.45, 2.75) is 32.0 Å². The second-order valence-corrected chi connectivity index (χ2v) is 5.44. The Kier molecular flexibility index (Phi) is 3.76. The molecule has 1 aliphatic rings. The van der Waals surface area contributed by atoms with Crippen LogP contribution < -0.4 is 5.32 Å². The van der Waals surface area contributed by atoms with E-state index in [1.54, 1.807) is 0 Å². The van der Waals surface area contributed by atoms with E-state index in [2.05, 4.69) is 29.0 Å². The maximum atomic E-state index is 9.85. The molecule has 1 fully saturated rings. The van der Waals surface area contributed by atoms with Crippen LogP contribution in [0.3, 0.4) is 0 Å². The first-order valence-electron chi connectivity index (χ1n) is 6.09. The number of hydrogen-bond acceptors (Lipinski definition) is 4. The molecule has 1 unspecified atom stereocenters. The van der Waals surface area contributed by atoms with E-state index in [0.29, 0.717) is 6.54 Å². The fourth-order valence-corrected chi connectivity index (χ4v) is 2.30.